The summed E-state index contributed by atoms with van der Waals surface area (Å²) in [6.07, 6.45) is 0. The average molecular weight is 282 g/mol. The van der Waals surface area contributed by atoms with E-state index >= 15 is 0 Å². The van der Waals surface area contributed by atoms with Gasteiger partial charge in [0.25, 0.3) is 5.69 Å². The Labute approximate surface area is 117 Å². The Balaban J connectivity index is 1.74. The molecule has 1 aromatic carbocycles. The van der Waals surface area contributed by atoms with Gasteiger partial charge in [-0.15, -0.1) is 0 Å². The topological polar surface area (TPSA) is 55.6 Å². The largest absolute Gasteiger partial charge is 0.379 e. The van der Waals surface area contributed by atoms with Crippen LogP contribution in [0.25, 0.3) is 0 Å². The van der Waals surface area contributed by atoms with Crippen LogP contribution in [0.4, 0.5) is 5.69 Å². The molecule has 1 heterocycles. The molecule has 5 nitrogen and oxygen atoms in total. The van der Waals surface area contributed by atoms with E-state index in [1.807, 2.05) is 12.1 Å². The van der Waals surface area contributed by atoms with Crippen molar-refractivity contribution in [3.63, 3.8) is 0 Å². The minimum Gasteiger partial charge on any atom is -0.379 e. The minimum atomic E-state index is -0.308. The predicted molar refractivity (Wildman–Crippen MR) is 76.5 cm³/mol. The summed E-state index contributed by atoms with van der Waals surface area (Å²) in [6.45, 7) is 4.64. The van der Waals surface area contributed by atoms with E-state index in [0.29, 0.717) is 5.75 Å². The Kier molecular flexibility index (Phi) is 5.62. The molecule has 1 saturated heterocycles. The molecule has 1 fully saturated rings. The second kappa shape index (κ2) is 7.47. The maximum absolute atomic E-state index is 10.9. The molecule has 19 heavy (non-hydrogen) atoms. The van der Waals surface area contributed by atoms with Crippen molar-refractivity contribution in [2.45, 2.75) is 5.75 Å². The number of nitrogens with zero attached hydrogens (tertiary/aromatic N) is 2. The van der Waals surface area contributed by atoms with Gasteiger partial charge in [0.15, 0.2) is 0 Å². The number of thioether (sulfide) groups is 1. The van der Waals surface area contributed by atoms with Crippen LogP contribution in [0, 0.1) is 10.1 Å². The van der Waals surface area contributed by atoms with Crippen LogP contribution in [0.15, 0.2) is 24.3 Å². The van der Waals surface area contributed by atoms with Gasteiger partial charge >= 0.3 is 0 Å². The fourth-order valence-electron chi connectivity index (χ4n) is 2.01. The van der Waals surface area contributed by atoms with Crippen molar-refractivity contribution in [2.24, 2.45) is 0 Å². The van der Waals surface area contributed by atoms with Crippen LogP contribution < -0.4 is 0 Å². The van der Waals surface area contributed by atoms with Gasteiger partial charge in [-0.05, 0) is 0 Å². The zero-order chi connectivity index (χ0) is 13.5. The lowest BCUT2D eigenvalue weighted by molar-refractivity contribution is -0.385. The maximum atomic E-state index is 10.9. The van der Waals surface area contributed by atoms with Crippen LogP contribution in [-0.2, 0) is 10.5 Å². The van der Waals surface area contributed by atoms with Gasteiger partial charge in [0.05, 0.1) is 18.1 Å². The third-order valence-corrected chi connectivity index (χ3v) is 4.09. The molecule has 1 aliphatic rings. The van der Waals surface area contributed by atoms with Crippen LogP contribution in [-0.4, -0.2) is 48.4 Å². The summed E-state index contributed by atoms with van der Waals surface area (Å²) < 4.78 is 5.29. The van der Waals surface area contributed by atoms with Gasteiger partial charge in [0.1, 0.15) is 0 Å². The monoisotopic (exact) mass is 282 g/mol. The third kappa shape index (κ3) is 4.49. The quantitative estimate of drug-likeness (QED) is 0.454. The molecule has 0 N–H and O–H groups in total. The lowest BCUT2D eigenvalue weighted by Crippen LogP contribution is -2.37. The molecule has 1 aromatic rings. The molecular formula is C13H18N2O3S. The molecule has 0 amide bonds. The molecule has 0 atom stereocenters. The van der Waals surface area contributed by atoms with E-state index in [-0.39, 0.29) is 10.6 Å². The first-order chi connectivity index (χ1) is 9.27. The molecule has 0 spiro atoms. The number of rotatable bonds is 6. The molecule has 6 heteroatoms. The predicted octanol–water partition coefficient (Wildman–Crippen LogP) is 2.16. The Morgan fingerprint density at radius 2 is 2.05 bits per heavy atom. The van der Waals surface area contributed by atoms with Crippen molar-refractivity contribution in [3.05, 3.63) is 39.9 Å². The van der Waals surface area contributed by atoms with Crippen molar-refractivity contribution in [1.29, 1.82) is 0 Å². The lowest BCUT2D eigenvalue weighted by atomic mass is 10.2. The minimum absolute atomic E-state index is 0.223. The highest BCUT2D eigenvalue weighted by molar-refractivity contribution is 7.98. The van der Waals surface area contributed by atoms with Crippen molar-refractivity contribution >= 4 is 17.4 Å². The summed E-state index contributed by atoms with van der Waals surface area (Å²) in [4.78, 5) is 12.9. The van der Waals surface area contributed by atoms with E-state index in [1.54, 1.807) is 23.9 Å². The van der Waals surface area contributed by atoms with Crippen molar-refractivity contribution < 1.29 is 9.66 Å². The Bertz CT molecular complexity index is 422. The maximum Gasteiger partial charge on any atom is 0.273 e. The van der Waals surface area contributed by atoms with E-state index < -0.39 is 0 Å². The van der Waals surface area contributed by atoms with Gasteiger partial charge in [-0.1, -0.05) is 18.2 Å². The van der Waals surface area contributed by atoms with Crippen molar-refractivity contribution in [1.82, 2.24) is 4.90 Å². The normalized spacial score (nSPS) is 16.4. The number of nitro benzene ring substituents is 1. The fraction of sp³-hybridized carbons (Fsp3) is 0.538. The lowest BCUT2D eigenvalue weighted by Gasteiger charge is -2.26. The van der Waals surface area contributed by atoms with E-state index in [9.17, 15) is 10.1 Å². The summed E-state index contributed by atoms with van der Waals surface area (Å²) >= 11 is 1.74. The van der Waals surface area contributed by atoms with Crippen molar-refractivity contribution in [2.75, 3.05) is 38.6 Å². The van der Waals surface area contributed by atoms with Crippen LogP contribution in [0.3, 0.4) is 0 Å². The van der Waals surface area contributed by atoms with E-state index in [2.05, 4.69) is 4.90 Å². The smallest absolute Gasteiger partial charge is 0.273 e. The number of morpholine rings is 1. The van der Waals surface area contributed by atoms with E-state index in [1.165, 1.54) is 0 Å². The molecule has 0 aromatic heterocycles. The average Bonchev–Trinajstić information content (AvgIpc) is 2.45. The zero-order valence-electron chi connectivity index (χ0n) is 10.8. The van der Waals surface area contributed by atoms with Crippen LogP contribution in [0.1, 0.15) is 5.56 Å². The second-order valence-electron chi connectivity index (χ2n) is 4.39. The number of para-hydroxylation sites is 1. The summed E-state index contributed by atoms with van der Waals surface area (Å²) in [6, 6.07) is 6.96. The second-order valence-corrected chi connectivity index (χ2v) is 5.50. The van der Waals surface area contributed by atoms with Crippen LogP contribution >= 0.6 is 11.8 Å². The number of nitro groups is 1. The number of benzene rings is 1. The number of hydrogen-bond donors (Lipinski definition) is 0. The zero-order valence-corrected chi connectivity index (χ0v) is 11.6. The van der Waals surface area contributed by atoms with E-state index in [0.717, 1.165) is 44.2 Å². The molecular weight excluding hydrogens is 264 g/mol. The molecule has 1 aliphatic heterocycles. The Hall–Kier alpha value is -1.11. The van der Waals surface area contributed by atoms with Gasteiger partial charge in [-0.2, -0.15) is 11.8 Å². The summed E-state index contributed by atoms with van der Waals surface area (Å²) in [5, 5.41) is 10.9. The van der Waals surface area contributed by atoms with Gasteiger partial charge < -0.3 is 4.74 Å². The number of ether oxygens (including phenoxy) is 1. The third-order valence-electron chi connectivity index (χ3n) is 3.10. The van der Waals surface area contributed by atoms with Crippen LogP contribution in [0.5, 0.6) is 0 Å². The van der Waals surface area contributed by atoms with Gasteiger partial charge in [0, 0.05) is 42.8 Å². The molecule has 104 valence electrons. The Morgan fingerprint density at radius 3 is 2.79 bits per heavy atom. The molecule has 0 bridgehead atoms. The first-order valence-electron chi connectivity index (χ1n) is 6.37. The SMILES string of the molecule is O=[N+]([O-])c1ccccc1CSCCN1CCOCC1. The first kappa shape index (κ1) is 14.3. The number of hydrogen-bond acceptors (Lipinski definition) is 5. The molecule has 2 rings (SSSR count). The highest BCUT2D eigenvalue weighted by Gasteiger charge is 2.13. The molecule has 0 unspecified atom stereocenters. The van der Waals surface area contributed by atoms with E-state index in [4.69, 9.17) is 4.74 Å². The molecule has 0 saturated carbocycles. The summed E-state index contributed by atoms with van der Waals surface area (Å²) in [5.74, 6) is 1.69. The fourth-order valence-corrected chi connectivity index (χ4v) is 3.01. The van der Waals surface area contributed by atoms with Gasteiger partial charge in [-0.3, -0.25) is 15.0 Å². The first-order valence-corrected chi connectivity index (χ1v) is 7.53. The Morgan fingerprint density at radius 1 is 1.32 bits per heavy atom. The molecule has 0 aliphatic carbocycles. The summed E-state index contributed by atoms with van der Waals surface area (Å²) in [5.41, 5.74) is 1.03. The molecule has 0 radical (unpaired) electrons. The highest BCUT2D eigenvalue weighted by atomic mass is 32.2. The standard InChI is InChI=1S/C13H18N2O3S/c16-15(17)13-4-2-1-3-12(13)11-19-10-7-14-5-8-18-9-6-14/h1-4H,5-11H2. The summed E-state index contributed by atoms with van der Waals surface area (Å²) in [7, 11) is 0. The van der Waals surface area contributed by atoms with Gasteiger partial charge in [-0.25, -0.2) is 0 Å². The highest BCUT2D eigenvalue weighted by Crippen LogP contribution is 2.22. The van der Waals surface area contributed by atoms with Crippen LogP contribution in [0.2, 0.25) is 0 Å². The van der Waals surface area contributed by atoms with Gasteiger partial charge in [0.2, 0.25) is 0 Å². The van der Waals surface area contributed by atoms with Crippen molar-refractivity contribution in [3.8, 4) is 0 Å².